The van der Waals surface area contributed by atoms with Gasteiger partial charge in [0.1, 0.15) is 0 Å². The molecule has 1 fully saturated rings. The van der Waals surface area contributed by atoms with Gasteiger partial charge in [-0.3, -0.25) is 4.79 Å². The van der Waals surface area contributed by atoms with Crippen LogP contribution in [0.2, 0.25) is 0 Å². The molecule has 5 heteroatoms. The van der Waals surface area contributed by atoms with E-state index in [1.165, 1.54) is 0 Å². The second-order valence-electron chi connectivity index (χ2n) is 4.36. The van der Waals surface area contributed by atoms with Crippen molar-refractivity contribution >= 4 is 17.2 Å². The zero-order chi connectivity index (χ0) is 12.1. The fourth-order valence-corrected chi connectivity index (χ4v) is 2.71. The fraction of sp³-hybridized carbons (Fsp3) is 0.583. The van der Waals surface area contributed by atoms with E-state index < -0.39 is 6.10 Å². The number of aliphatic hydroxyl groups excluding tert-OH is 1. The van der Waals surface area contributed by atoms with E-state index in [0.29, 0.717) is 6.54 Å². The summed E-state index contributed by atoms with van der Waals surface area (Å²) in [5, 5.41) is 19.7. The summed E-state index contributed by atoms with van der Waals surface area (Å²) in [6.07, 6.45) is 1.39. The van der Waals surface area contributed by atoms with Crippen LogP contribution in [-0.4, -0.2) is 30.6 Å². The van der Waals surface area contributed by atoms with Crippen LogP contribution in [0.5, 0.6) is 0 Å². The summed E-state index contributed by atoms with van der Waals surface area (Å²) in [7, 11) is 0. The maximum Gasteiger partial charge on any atom is 0.224 e. The molecule has 1 amide bonds. The van der Waals surface area contributed by atoms with Gasteiger partial charge in [0.2, 0.25) is 5.91 Å². The molecule has 1 aromatic heterocycles. The van der Waals surface area contributed by atoms with Crippen molar-refractivity contribution in [3.63, 3.8) is 0 Å². The van der Waals surface area contributed by atoms with E-state index in [4.69, 9.17) is 0 Å². The third-order valence-electron chi connectivity index (χ3n) is 3.07. The summed E-state index contributed by atoms with van der Waals surface area (Å²) in [6, 6.07) is 1.88. The normalized spacial score (nSPS) is 22.1. The molecule has 2 atom stereocenters. The zero-order valence-electron chi connectivity index (χ0n) is 9.69. The largest absolute Gasteiger partial charge is 0.387 e. The van der Waals surface area contributed by atoms with E-state index in [-0.39, 0.29) is 11.8 Å². The van der Waals surface area contributed by atoms with Crippen LogP contribution in [0.4, 0.5) is 0 Å². The molecule has 4 nitrogen and oxygen atoms in total. The van der Waals surface area contributed by atoms with Crippen LogP contribution in [0, 0.1) is 5.92 Å². The maximum absolute atomic E-state index is 11.8. The average molecular weight is 254 g/mol. The van der Waals surface area contributed by atoms with E-state index >= 15 is 0 Å². The van der Waals surface area contributed by atoms with Crippen LogP contribution in [0.1, 0.15) is 24.5 Å². The summed E-state index contributed by atoms with van der Waals surface area (Å²) in [5.41, 5.74) is 0.872. The second kappa shape index (κ2) is 6.14. The number of hydrogen-bond donors (Lipinski definition) is 3. The van der Waals surface area contributed by atoms with Crippen LogP contribution < -0.4 is 10.6 Å². The Morgan fingerprint density at radius 1 is 1.71 bits per heavy atom. The van der Waals surface area contributed by atoms with Gasteiger partial charge in [-0.25, -0.2) is 0 Å². The Kier molecular flexibility index (Phi) is 4.53. The lowest BCUT2D eigenvalue weighted by atomic mass is 9.99. The Hall–Kier alpha value is -0.910. The van der Waals surface area contributed by atoms with Crippen LogP contribution in [0.15, 0.2) is 16.8 Å². The molecule has 2 rings (SSSR count). The lowest BCUT2D eigenvalue weighted by Gasteiger charge is -2.22. The lowest BCUT2D eigenvalue weighted by molar-refractivity contribution is -0.125. The summed E-state index contributed by atoms with van der Waals surface area (Å²) < 4.78 is 0. The molecule has 3 N–H and O–H groups in total. The standard InChI is InChI=1S/C12H18N2O2S/c15-11(10-3-5-17-8-10)7-14-12(16)9-2-1-4-13-6-9/h3,5,8-9,11,13,15H,1-2,4,6-7H2,(H,14,16)/t9-,11?/m0/s1. The number of carbonyl (C=O) groups is 1. The van der Waals surface area contributed by atoms with Gasteiger partial charge in [0, 0.05) is 13.1 Å². The average Bonchev–Trinajstić information content (AvgIpc) is 2.90. The number of aliphatic hydroxyl groups is 1. The predicted octanol–water partition coefficient (Wildman–Crippen LogP) is 0.897. The molecule has 0 aliphatic carbocycles. The van der Waals surface area contributed by atoms with Crippen LogP contribution in [0.3, 0.4) is 0 Å². The van der Waals surface area contributed by atoms with Crippen molar-refractivity contribution in [1.82, 2.24) is 10.6 Å². The van der Waals surface area contributed by atoms with E-state index in [2.05, 4.69) is 10.6 Å². The Labute approximate surface area is 105 Å². The van der Waals surface area contributed by atoms with Crippen molar-refractivity contribution in [2.75, 3.05) is 19.6 Å². The molecule has 94 valence electrons. The molecule has 1 saturated heterocycles. The van der Waals surface area contributed by atoms with Crippen molar-refractivity contribution in [2.24, 2.45) is 5.92 Å². The molecule has 17 heavy (non-hydrogen) atoms. The molecule has 0 aromatic carbocycles. The summed E-state index contributed by atoms with van der Waals surface area (Å²) in [5.74, 6) is 0.102. The molecule has 0 radical (unpaired) electrons. The monoisotopic (exact) mass is 254 g/mol. The molecular weight excluding hydrogens is 236 g/mol. The van der Waals surface area contributed by atoms with Crippen molar-refractivity contribution in [1.29, 1.82) is 0 Å². The first-order valence-corrected chi connectivity index (χ1v) is 6.90. The van der Waals surface area contributed by atoms with Gasteiger partial charge in [0.05, 0.1) is 12.0 Å². The number of thiophene rings is 1. The third-order valence-corrected chi connectivity index (χ3v) is 3.77. The van der Waals surface area contributed by atoms with E-state index in [9.17, 15) is 9.90 Å². The molecule has 1 aliphatic rings. The molecule has 0 spiro atoms. The highest BCUT2D eigenvalue weighted by atomic mass is 32.1. The van der Waals surface area contributed by atoms with Gasteiger partial charge in [-0.15, -0.1) is 0 Å². The third kappa shape index (κ3) is 3.52. The van der Waals surface area contributed by atoms with Gasteiger partial charge in [0.15, 0.2) is 0 Å². The minimum absolute atomic E-state index is 0.0477. The Balaban J connectivity index is 1.75. The lowest BCUT2D eigenvalue weighted by Crippen LogP contribution is -2.41. The van der Waals surface area contributed by atoms with Crippen molar-refractivity contribution in [3.8, 4) is 0 Å². The van der Waals surface area contributed by atoms with Gasteiger partial charge in [-0.2, -0.15) is 11.3 Å². The Morgan fingerprint density at radius 2 is 2.59 bits per heavy atom. The number of amides is 1. The highest BCUT2D eigenvalue weighted by Gasteiger charge is 2.21. The first-order valence-electron chi connectivity index (χ1n) is 5.96. The second-order valence-corrected chi connectivity index (χ2v) is 5.14. The predicted molar refractivity (Wildman–Crippen MR) is 67.9 cm³/mol. The minimum atomic E-state index is -0.596. The van der Waals surface area contributed by atoms with Gasteiger partial charge < -0.3 is 15.7 Å². The molecule has 1 aromatic rings. The van der Waals surface area contributed by atoms with E-state index in [0.717, 1.165) is 31.5 Å². The van der Waals surface area contributed by atoms with Gasteiger partial charge in [-0.1, -0.05) is 0 Å². The highest BCUT2D eigenvalue weighted by Crippen LogP contribution is 2.16. The van der Waals surface area contributed by atoms with Gasteiger partial charge in [0.25, 0.3) is 0 Å². The molecule has 0 saturated carbocycles. The zero-order valence-corrected chi connectivity index (χ0v) is 10.5. The van der Waals surface area contributed by atoms with E-state index in [1.807, 2.05) is 16.8 Å². The summed E-state index contributed by atoms with van der Waals surface area (Å²) in [4.78, 5) is 11.8. The molecule has 0 bridgehead atoms. The highest BCUT2D eigenvalue weighted by molar-refractivity contribution is 7.07. The van der Waals surface area contributed by atoms with Crippen LogP contribution >= 0.6 is 11.3 Å². The van der Waals surface area contributed by atoms with Crippen LogP contribution in [0.25, 0.3) is 0 Å². The van der Waals surface area contributed by atoms with Crippen LogP contribution in [-0.2, 0) is 4.79 Å². The number of carbonyl (C=O) groups excluding carboxylic acids is 1. The molecule has 1 aliphatic heterocycles. The quantitative estimate of drug-likeness (QED) is 0.748. The summed E-state index contributed by atoms with van der Waals surface area (Å²) in [6.45, 7) is 2.05. The minimum Gasteiger partial charge on any atom is -0.387 e. The molecule has 1 unspecified atom stereocenters. The van der Waals surface area contributed by atoms with E-state index in [1.54, 1.807) is 11.3 Å². The SMILES string of the molecule is O=C(NCC(O)c1ccsc1)[C@H]1CCCNC1. The van der Waals surface area contributed by atoms with Crippen molar-refractivity contribution in [2.45, 2.75) is 18.9 Å². The first kappa shape index (κ1) is 12.5. The molecule has 2 heterocycles. The topological polar surface area (TPSA) is 61.4 Å². The number of nitrogens with one attached hydrogen (secondary N) is 2. The maximum atomic E-state index is 11.8. The number of piperidine rings is 1. The molecular formula is C12H18N2O2S. The Bertz CT molecular complexity index is 347. The van der Waals surface area contributed by atoms with Crippen molar-refractivity contribution < 1.29 is 9.90 Å². The van der Waals surface area contributed by atoms with Gasteiger partial charge >= 0.3 is 0 Å². The van der Waals surface area contributed by atoms with Gasteiger partial charge in [-0.05, 0) is 41.8 Å². The first-order chi connectivity index (χ1) is 8.27. The number of hydrogen-bond acceptors (Lipinski definition) is 4. The smallest absolute Gasteiger partial charge is 0.224 e. The Morgan fingerprint density at radius 3 is 3.24 bits per heavy atom. The fourth-order valence-electron chi connectivity index (χ4n) is 2.00. The number of rotatable bonds is 4. The summed E-state index contributed by atoms with van der Waals surface area (Å²) >= 11 is 1.55. The van der Waals surface area contributed by atoms with Crippen molar-refractivity contribution in [3.05, 3.63) is 22.4 Å².